The summed E-state index contributed by atoms with van der Waals surface area (Å²) in [4.78, 5) is 4.84. The number of nitrogens with zero attached hydrogens (tertiary/aromatic N) is 2. The molecule has 2 heteroatoms. The molecule has 1 heterocycles. The van der Waals surface area contributed by atoms with Crippen LogP contribution in [0.1, 0.15) is 40.0 Å². The first-order chi connectivity index (χ1) is 7.35. The molecule has 0 aromatic carbocycles. The van der Waals surface area contributed by atoms with Crippen LogP contribution in [0.4, 0.5) is 0 Å². The normalized spacial score (nSPS) is 26.2. The molecular weight excluding hydrogens is 196 g/mol. The van der Waals surface area contributed by atoms with Crippen molar-refractivity contribution in [2.24, 2.45) is 5.92 Å². The number of rotatable bonds is 5. The Morgan fingerprint density at radius 3 is 2.56 bits per heavy atom. The second kappa shape index (κ2) is 5.22. The van der Waals surface area contributed by atoms with Gasteiger partial charge in [-0.25, -0.2) is 0 Å². The van der Waals surface area contributed by atoms with Gasteiger partial charge in [-0.05, 0) is 45.7 Å². The Bertz CT molecular complexity index is 247. The van der Waals surface area contributed by atoms with Crippen LogP contribution in [0, 0.1) is 5.92 Å². The van der Waals surface area contributed by atoms with E-state index in [1.165, 1.54) is 25.1 Å². The topological polar surface area (TPSA) is 6.48 Å². The molecule has 0 aromatic rings. The van der Waals surface area contributed by atoms with Gasteiger partial charge in [0.15, 0.2) is 0 Å². The van der Waals surface area contributed by atoms with E-state index in [0.29, 0.717) is 5.54 Å². The molecule has 0 aliphatic carbocycles. The van der Waals surface area contributed by atoms with Crippen molar-refractivity contribution in [3.63, 3.8) is 0 Å². The average Bonchev–Trinajstić information content (AvgIpc) is 2.44. The molecule has 1 fully saturated rings. The Balaban J connectivity index is 2.44. The minimum absolute atomic E-state index is 0.294. The lowest BCUT2D eigenvalue weighted by atomic mass is 9.98. The predicted molar refractivity (Wildman–Crippen MR) is 71.5 cm³/mol. The Hall–Kier alpha value is -0.500. The van der Waals surface area contributed by atoms with Gasteiger partial charge >= 0.3 is 0 Å². The van der Waals surface area contributed by atoms with Crippen molar-refractivity contribution in [1.82, 2.24) is 9.80 Å². The summed E-state index contributed by atoms with van der Waals surface area (Å²) in [6, 6.07) is 0. The van der Waals surface area contributed by atoms with Crippen LogP contribution in [0.15, 0.2) is 12.3 Å². The molecule has 16 heavy (non-hydrogen) atoms. The summed E-state index contributed by atoms with van der Waals surface area (Å²) < 4.78 is 0. The third-order valence-corrected chi connectivity index (χ3v) is 3.93. The van der Waals surface area contributed by atoms with E-state index in [-0.39, 0.29) is 0 Å². The molecule has 0 aromatic heterocycles. The highest BCUT2D eigenvalue weighted by atomic mass is 15.3. The molecule has 0 saturated carbocycles. The van der Waals surface area contributed by atoms with Gasteiger partial charge in [-0.15, -0.1) is 0 Å². The SMILES string of the molecule is C=C1CC[C@@](C)(CN(C)CCC(C)C)N1C. The Labute approximate surface area is 101 Å². The summed E-state index contributed by atoms with van der Waals surface area (Å²) in [5, 5.41) is 0. The minimum atomic E-state index is 0.294. The molecule has 1 saturated heterocycles. The first-order valence-electron chi connectivity index (χ1n) is 6.45. The van der Waals surface area contributed by atoms with Crippen LogP contribution in [0.25, 0.3) is 0 Å². The minimum Gasteiger partial charge on any atom is -0.372 e. The lowest BCUT2D eigenvalue weighted by Crippen LogP contribution is -2.47. The van der Waals surface area contributed by atoms with Crippen molar-refractivity contribution in [3.8, 4) is 0 Å². The second-order valence-corrected chi connectivity index (χ2v) is 6.04. The zero-order valence-corrected chi connectivity index (χ0v) is 11.7. The van der Waals surface area contributed by atoms with E-state index in [9.17, 15) is 0 Å². The lowest BCUT2D eigenvalue weighted by molar-refractivity contribution is 0.147. The first kappa shape index (κ1) is 13.6. The van der Waals surface area contributed by atoms with Gasteiger partial charge in [0.1, 0.15) is 0 Å². The van der Waals surface area contributed by atoms with Crippen LogP contribution in [0.5, 0.6) is 0 Å². The zero-order valence-electron chi connectivity index (χ0n) is 11.7. The summed E-state index contributed by atoms with van der Waals surface area (Å²) >= 11 is 0. The van der Waals surface area contributed by atoms with Crippen LogP contribution >= 0.6 is 0 Å². The van der Waals surface area contributed by atoms with Gasteiger partial charge < -0.3 is 9.80 Å². The van der Waals surface area contributed by atoms with E-state index in [1.54, 1.807) is 0 Å². The van der Waals surface area contributed by atoms with E-state index in [4.69, 9.17) is 0 Å². The van der Waals surface area contributed by atoms with Gasteiger partial charge in [-0.2, -0.15) is 0 Å². The van der Waals surface area contributed by atoms with E-state index in [0.717, 1.165) is 18.9 Å². The van der Waals surface area contributed by atoms with Crippen molar-refractivity contribution < 1.29 is 0 Å². The van der Waals surface area contributed by atoms with Crippen LogP contribution in [0.3, 0.4) is 0 Å². The molecule has 0 spiro atoms. The molecule has 0 bridgehead atoms. The first-order valence-corrected chi connectivity index (χ1v) is 6.45. The van der Waals surface area contributed by atoms with E-state index >= 15 is 0 Å². The van der Waals surface area contributed by atoms with E-state index < -0.39 is 0 Å². The predicted octanol–water partition coefficient (Wildman–Crippen LogP) is 2.96. The van der Waals surface area contributed by atoms with Crippen molar-refractivity contribution in [1.29, 1.82) is 0 Å². The summed E-state index contributed by atoms with van der Waals surface area (Å²) in [6.07, 6.45) is 3.69. The molecule has 1 atom stereocenters. The highest BCUT2D eigenvalue weighted by molar-refractivity contribution is 5.09. The van der Waals surface area contributed by atoms with E-state index in [2.05, 4.69) is 51.2 Å². The highest BCUT2D eigenvalue weighted by Gasteiger charge is 2.36. The largest absolute Gasteiger partial charge is 0.372 e. The summed E-state index contributed by atoms with van der Waals surface area (Å²) in [6.45, 7) is 13.4. The smallest absolute Gasteiger partial charge is 0.0498 e. The number of likely N-dealkylation sites (tertiary alicyclic amines) is 1. The molecule has 2 nitrogen and oxygen atoms in total. The van der Waals surface area contributed by atoms with Crippen molar-refractivity contribution >= 4 is 0 Å². The number of hydrogen-bond donors (Lipinski definition) is 0. The molecule has 1 rings (SSSR count). The third kappa shape index (κ3) is 3.24. The molecule has 1 aliphatic heterocycles. The zero-order chi connectivity index (χ0) is 12.3. The van der Waals surface area contributed by atoms with Gasteiger partial charge in [0, 0.05) is 24.8 Å². The monoisotopic (exact) mass is 224 g/mol. The van der Waals surface area contributed by atoms with Gasteiger partial charge in [-0.1, -0.05) is 20.4 Å². The van der Waals surface area contributed by atoms with Crippen molar-refractivity contribution in [3.05, 3.63) is 12.3 Å². The van der Waals surface area contributed by atoms with Gasteiger partial charge in [-0.3, -0.25) is 0 Å². The number of hydrogen-bond acceptors (Lipinski definition) is 2. The molecule has 0 radical (unpaired) electrons. The van der Waals surface area contributed by atoms with Crippen LogP contribution < -0.4 is 0 Å². The van der Waals surface area contributed by atoms with Crippen molar-refractivity contribution in [2.45, 2.75) is 45.6 Å². The van der Waals surface area contributed by atoms with Gasteiger partial charge in [0.05, 0.1) is 0 Å². The van der Waals surface area contributed by atoms with Gasteiger partial charge in [0.25, 0.3) is 0 Å². The van der Waals surface area contributed by atoms with Gasteiger partial charge in [0.2, 0.25) is 0 Å². The fraction of sp³-hybridized carbons (Fsp3) is 0.857. The molecular formula is C14H28N2. The summed E-state index contributed by atoms with van der Waals surface area (Å²) in [5.41, 5.74) is 1.59. The van der Waals surface area contributed by atoms with Crippen LogP contribution in [-0.2, 0) is 0 Å². The maximum Gasteiger partial charge on any atom is 0.0498 e. The standard InChI is InChI=1S/C14H28N2/c1-12(2)8-10-15(5)11-14(4)9-7-13(3)16(14)6/h12H,3,7-11H2,1-2,4-6H3/t14-/m0/s1. The molecule has 0 amide bonds. The third-order valence-electron chi connectivity index (χ3n) is 3.93. The fourth-order valence-corrected chi connectivity index (χ4v) is 2.45. The highest BCUT2D eigenvalue weighted by Crippen LogP contribution is 2.34. The van der Waals surface area contributed by atoms with Crippen LogP contribution in [-0.4, -0.2) is 42.5 Å². The fourth-order valence-electron chi connectivity index (χ4n) is 2.45. The molecule has 94 valence electrons. The molecule has 1 aliphatic rings. The second-order valence-electron chi connectivity index (χ2n) is 6.04. The lowest BCUT2D eigenvalue weighted by Gasteiger charge is -2.37. The quantitative estimate of drug-likeness (QED) is 0.708. The average molecular weight is 224 g/mol. The summed E-state index contributed by atoms with van der Waals surface area (Å²) in [5.74, 6) is 0.798. The molecule has 0 unspecified atom stereocenters. The van der Waals surface area contributed by atoms with Crippen molar-refractivity contribution in [2.75, 3.05) is 27.2 Å². The van der Waals surface area contributed by atoms with Crippen LogP contribution in [0.2, 0.25) is 0 Å². The van der Waals surface area contributed by atoms with E-state index in [1.807, 2.05) is 0 Å². The number of likely N-dealkylation sites (N-methyl/N-ethyl adjacent to an activating group) is 2. The maximum atomic E-state index is 4.12. The Morgan fingerprint density at radius 1 is 1.50 bits per heavy atom. The summed E-state index contributed by atoms with van der Waals surface area (Å²) in [7, 11) is 4.42. The molecule has 0 N–H and O–H groups in total. The Kier molecular flexibility index (Phi) is 4.43. The number of allylic oxidation sites excluding steroid dienone is 1. The Morgan fingerprint density at radius 2 is 2.12 bits per heavy atom. The maximum absolute atomic E-state index is 4.12.